The number of nitrogens with one attached hydrogen (secondary N) is 3. The summed E-state index contributed by atoms with van der Waals surface area (Å²) in [6.07, 6.45) is 6.42. The molecule has 0 spiro atoms. The molecule has 48 heavy (non-hydrogen) atoms. The Bertz CT molecular complexity index is 1230. The molecule has 0 radical (unpaired) electrons. The number of Topliss-reactive ketones (excluding diaryl/α,β-unsaturated/α-hetero) is 1. The number of carbonyl (C=O) groups excluding carboxylic acids is 6. The minimum Gasteiger partial charge on any atom is -0.460 e. The summed E-state index contributed by atoms with van der Waals surface area (Å²) in [6, 6.07) is -2.88. The molecule has 2 aliphatic carbocycles. The van der Waals surface area contributed by atoms with Gasteiger partial charge in [0.2, 0.25) is 17.6 Å². The van der Waals surface area contributed by atoms with E-state index >= 15 is 0 Å². The summed E-state index contributed by atoms with van der Waals surface area (Å²) in [5.74, 6) is -3.26. The molecule has 0 aromatic carbocycles. The van der Waals surface area contributed by atoms with Crippen molar-refractivity contribution < 1.29 is 38.2 Å². The second kappa shape index (κ2) is 15.8. The summed E-state index contributed by atoms with van der Waals surface area (Å²) in [6.45, 7) is 18.8. The maximum absolute atomic E-state index is 14.3. The highest BCUT2D eigenvalue weighted by molar-refractivity contribution is 6.38. The fraction of sp³-hybridized carbons (Fsp3) is 0.778. The third kappa shape index (κ3) is 10.0. The first-order valence-corrected chi connectivity index (χ1v) is 17.6. The average Bonchev–Trinajstić information content (AvgIpc) is 3.32. The minimum atomic E-state index is -1.16. The number of nitrogens with zero attached hydrogens (tertiary/aromatic N) is 1. The van der Waals surface area contributed by atoms with E-state index in [1.54, 1.807) is 45.6 Å². The molecule has 12 heteroatoms. The number of ketones is 1. The predicted octanol–water partition coefficient (Wildman–Crippen LogP) is 4.20. The molecule has 270 valence electrons. The quantitative estimate of drug-likeness (QED) is 0.132. The number of esters is 1. The maximum atomic E-state index is 14.3. The zero-order valence-corrected chi connectivity index (χ0v) is 30.2. The molecular weight excluding hydrogens is 616 g/mol. The van der Waals surface area contributed by atoms with Gasteiger partial charge in [0.05, 0.1) is 12.5 Å². The Hall–Kier alpha value is -3.44. The molecule has 3 fully saturated rings. The van der Waals surface area contributed by atoms with Crippen molar-refractivity contribution in [3.05, 3.63) is 12.7 Å². The first kappa shape index (κ1) is 39.0. The SMILES string of the molecule is C=CCCC(NC(=O)C1C2C(CN1C(=O)C(NC(=O)OC(C)(C)C)C1CCCCC1)C2(C)C)C(=O)C(=O)NCCC(=O)OC(C)(C)CC. The molecule has 2 saturated carbocycles. The lowest BCUT2D eigenvalue weighted by Crippen LogP contribution is -2.59. The van der Waals surface area contributed by atoms with E-state index < -0.39 is 59.0 Å². The van der Waals surface area contributed by atoms with Gasteiger partial charge in [0.15, 0.2) is 0 Å². The Morgan fingerprint density at radius 1 is 0.979 bits per heavy atom. The molecule has 3 N–H and O–H groups in total. The molecule has 0 bridgehead atoms. The predicted molar refractivity (Wildman–Crippen MR) is 180 cm³/mol. The average molecular weight is 675 g/mol. The molecule has 1 heterocycles. The van der Waals surface area contributed by atoms with Gasteiger partial charge in [-0.2, -0.15) is 0 Å². The lowest BCUT2D eigenvalue weighted by atomic mass is 9.83. The van der Waals surface area contributed by atoms with Crippen LogP contribution in [0, 0.1) is 23.2 Å². The molecular formula is C36H58N4O8. The zero-order chi connectivity index (χ0) is 36.0. The van der Waals surface area contributed by atoms with Crippen molar-refractivity contribution in [3.8, 4) is 0 Å². The number of fused-ring (bicyclic) bond motifs is 1. The van der Waals surface area contributed by atoms with Crippen LogP contribution in [0.3, 0.4) is 0 Å². The molecule has 12 nitrogen and oxygen atoms in total. The number of carbonyl (C=O) groups is 6. The minimum absolute atomic E-state index is 0.0776. The fourth-order valence-electron chi connectivity index (χ4n) is 7.04. The second-order valence-electron chi connectivity index (χ2n) is 15.8. The number of alkyl carbamates (subject to hydrolysis) is 1. The molecule has 4 amide bonds. The van der Waals surface area contributed by atoms with Gasteiger partial charge in [0, 0.05) is 13.1 Å². The van der Waals surface area contributed by atoms with Crippen LogP contribution in [0.15, 0.2) is 12.7 Å². The van der Waals surface area contributed by atoms with Crippen molar-refractivity contribution >= 4 is 35.6 Å². The number of likely N-dealkylation sites (tertiary alicyclic amines) is 1. The number of amides is 4. The van der Waals surface area contributed by atoms with Crippen LogP contribution in [-0.4, -0.2) is 82.9 Å². The van der Waals surface area contributed by atoms with Gasteiger partial charge in [0.1, 0.15) is 23.3 Å². The van der Waals surface area contributed by atoms with Crippen molar-refractivity contribution in [2.24, 2.45) is 23.2 Å². The van der Waals surface area contributed by atoms with E-state index in [0.717, 1.165) is 32.1 Å². The van der Waals surface area contributed by atoms with Crippen LogP contribution in [-0.2, 0) is 33.4 Å². The van der Waals surface area contributed by atoms with Gasteiger partial charge < -0.3 is 30.3 Å². The zero-order valence-electron chi connectivity index (χ0n) is 30.2. The Morgan fingerprint density at radius 2 is 1.62 bits per heavy atom. The van der Waals surface area contributed by atoms with Crippen molar-refractivity contribution in [1.29, 1.82) is 0 Å². The summed E-state index contributed by atoms with van der Waals surface area (Å²) >= 11 is 0. The number of rotatable bonds is 15. The summed E-state index contributed by atoms with van der Waals surface area (Å²) < 4.78 is 10.9. The molecule has 1 saturated heterocycles. The van der Waals surface area contributed by atoms with E-state index in [9.17, 15) is 28.8 Å². The standard InChI is InChI=1S/C36H58N4O8/c1-10-12-18-24(29(42)31(44)37-20-19-25(41)47-35(6,7)11-2)38-30(43)28-26-23(36(26,8)9)21-40(28)32(45)27(22-16-14-13-15-17-22)39-33(46)48-34(3,4)5/h10,22-24,26-28H,1,11-21H2,2-9H3,(H,37,44)(H,38,43)(H,39,46). The fourth-order valence-corrected chi connectivity index (χ4v) is 7.04. The highest BCUT2D eigenvalue weighted by Gasteiger charge is 2.69. The maximum Gasteiger partial charge on any atom is 0.408 e. The molecule has 3 rings (SSSR count). The van der Waals surface area contributed by atoms with E-state index in [1.165, 1.54) is 0 Å². The first-order chi connectivity index (χ1) is 22.3. The summed E-state index contributed by atoms with van der Waals surface area (Å²) in [5.41, 5.74) is -1.58. The summed E-state index contributed by atoms with van der Waals surface area (Å²) in [7, 11) is 0. The Kier molecular flexibility index (Phi) is 12.9. The Labute approximate surface area is 285 Å². The second-order valence-corrected chi connectivity index (χ2v) is 15.8. The normalized spacial score (nSPS) is 23.2. The van der Waals surface area contributed by atoms with Crippen LogP contribution >= 0.6 is 0 Å². The van der Waals surface area contributed by atoms with Crippen LogP contribution in [0.1, 0.15) is 113 Å². The van der Waals surface area contributed by atoms with Crippen molar-refractivity contribution in [2.45, 2.75) is 143 Å². The third-order valence-electron chi connectivity index (χ3n) is 10.2. The molecule has 0 aromatic heterocycles. The lowest BCUT2D eigenvalue weighted by Gasteiger charge is -2.37. The smallest absolute Gasteiger partial charge is 0.408 e. The van der Waals surface area contributed by atoms with E-state index in [2.05, 4.69) is 36.4 Å². The highest BCUT2D eigenvalue weighted by Crippen LogP contribution is 2.65. The van der Waals surface area contributed by atoms with E-state index in [-0.39, 0.29) is 48.5 Å². The highest BCUT2D eigenvalue weighted by atomic mass is 16.6. The molecule has 0 aromatic rings. The van der Waals surface area contributed by atoms with Crippen LogP contribution in [0.25, 0.3) is 0 Å². The molecule has 3 aliphatic rings. The number of hydrogen-bond donors (Lipinski definition) is 3. The number of allylic oxidation sites excluding steroid dienone is 1. The van der Waals surface area contributed by atoms with E-state index in [4.69, 9.17) is 9.47 Å². The van der Waals surface area contributed by atoms with Crippen molar-refractivity contribution in [1.82, 2.24) is 20.9 Å². The van der Waals surface area contributed by atoms with E-state index in [1.807, 2.05) is 6.92 Å². The third-order valence-corrected chi connectivity index (χ3v) is 10.2. The van der Waals surface area contributed by atoms with E-state index in [0.29, 0.717) is 19.4 Å². The number of piperidine rings is 1. The molecule has 1 aliphatic heterocycles. The van der Waals surface area contributed by atoms with Gasteiger partial charge in [0.25, 0.3) is 5.91 Å². The van der Waals surface area contributed by atoms with Crippen LogP contribution in [0.2, 0.25) is 0 Å². The van der Waals surface area contributed by atoms with Gasteiger partial charge in [-0.1, -0.05) is 46.1 Å². The number of hydrogen-bond acceptors (Lipinski definition) is 8. The van der Waals surface area contributed by atoms with Crippen molar-refractivity contribution in [2.75, 3.05) is 13.1 Å². The topological polar surface area (TPSA) is 160 Å². The number of ether oxygens (including phenoxy) is 2. The first-order valence-electron chi connectivity index (χ1n) is 17.6. The van der Waals surface area contributed by atoms with Crippen LogP contribution in [0.5, 0.6) is 0 Å². The van der Waals surface area contributed by atoms with Gasteiger partial charge >= 0.3 is 12.1 Å². The Morgan fingerprint density at radius 3 is 2.21 bits per heavy atom. The van der Waals surface area contributed by atoms with Gasteiger partial charge in [-0.25, -0.2) is 4.79 Å². The molecule has 5 atom stereocenters. The lowest BCUT2D eigenvalue weighted by molar-refractivity contribution is -0.156. The molecule has 5 unspecified atom stereocenters. The Balaban J connectivity index is 1.76. The van der Waals surface area contributed by atoms with Gasteiger partial charge in [-0.3, -0.25) is 24.0 Å². The van der Waals surface area contributed by atoms with Gasteiger partial charge in [-0.05, 0) is 89.9 Å². The van der Waals surface area contributed by atoms with Crippen LogP contribution < -0.4 is 16.0 Å². The van der Waals surface area contributed by atoms with Crippen LogP contribution in [0.4, 0.5) is 4.79 Å². The largest absolute Gasteiger partial charge is 0.460 e. The van der Waals surface area contributed by atoms with Crippen molar-refractivity contribution in [3.63, 3.8) is 0 Å². The van der Waals surface area contributed by atoms with Gasteiger partial charge in [-0.15, -0.1) is 6.58 Å². The summed E-state index contributed by atoms with van der Waals surface area (Å²) in [5, 5.41) is 8.10. The monoisotopic (exact) mass is 674 g/mol. The summed E-state index contributed by atoms with van der Waals surface area (Å²) in [4.78, 5) is 81.2.